The molecule has 106 valence electrons. The van der Waals surface area contributed by atoms with E-state index in [9.17, 15) is 0 Å². The number of nitrogens with one attached hydrogen (secondary N) is 1. The lowest BCUT2D eigenvalue weighted by Gasteiger charge is -2.43. The lowest BCUT2D eigenvalue weighted by atomic mass is 9.72. The third-order valence-corrected chi connectivity index (χ3v) is 4.82. The van der Waals surface area contributed by atoms with E-state index in [0.29, 0.717) is 0 Å². The van der Waals surface area contributed by atoms with Crippen molar-refractivity contribution in [2.45, 2.75) is 25.2 Å². The molecule has 0 spiro atoms. The largest absolute Gasteiger partial charge is 0.315 e. The van der Waals surface area contributed by atoms with Gasteiger partial charge in [-0.05, 0) is 30.2 Å². The maximum absolute atomic E-state index is 4.57. The summed E-state index contributed by atoms with van der Waals surface area (Å²) < 4.78 is 3.18. The molecule has 3 rings (SSSR count). The van der Waals surface area contributed by atoms with Crippen LogP contribution < -0.4 is 5.32 Å². The summed E-state index contributed by atoms with van der Waals surface area (Å²) in [4.78, 5) is 0. The number of hydrogen-bond acceptors (Lipinski definition) is 2. The Morgan fingerprint density at radius 3 is 2.50 bits per heavy atom. The molecule has 1 aromatic carbocycles. The van der Waals surface area contributed by atoms with Crippen molar-refractivity contribution in [3.63, 3.8) is 0 Å². The number of aromatic nitrogens is 2. The highest BCUT2D eigenvalue weighted by atomic mass is 79.9. The maximum atomic E-state index is 4.57. The molecule has 1 N–H and O–H groups in total. The molecule has 1 saturated heterocycles. The highest BCUT2D eigenvalue weighted by Crippen LogP contribution is 2.33. The Hall–Kier alpha value is -1.13. The summed E-state index contributed by atoms with van der Waals surface area (Å²) in [6, 6.07) is 11.0. The Balaban J connectivity index is 1.89. The summed E-state index contributed by atoms with van der Waals surface area (Å²) >= 11 is 3.51. The molecule has 0 atom stereocenters. The molecule has 0 radical (unpaired) electrons. The number of nitrogens with zero attached hydrogens (tertiary/aromatic N) is 2. The molecular weight excluding hydrogens is 314 g/mol. The highest BCUT2D eigenvalue weighted by molar-refractivity contribution is 9.10. The van der Waals surface area contributed by atoms with Gasteiger partial charge in [-0.15, -0.1) is 0 Å². The quantitative estimate of drug-likeness (QED) is 0.932. The van der Waals surface area contributed by atoms with Crippen LogP contribution in [-0.2, 0) is 25.3 Å². The summed E-state index contributed by atoms with van der Waals surface area (Å²) in [5.41, 5.74) is 4.14. The molecular formula is C16H20BrN3. The van der Waals surface area contributed by atoms with Gasteiger partial charge in [0.1, 0.15) is 0 Å². The number of rotatable bonds is 4. The molecule has 2 aromatic rings. The van der Waals surface area contributed by atoms with Crippen molar-refractivity contribution < 1.29 is 0 Å². The first-order valence-corrected chi connectivity index (χ1v) is 7.91. The SMILES string of the molecule is CCc1cc(CC2(c3ccc(Br)cc3)CNC2)n(C)n1. The van der Waals surface area contributed by atoms with Gasteiger partial charge in [0.15, 0.2) is 0 Å². The van der Waals surface area contributed by atoms with Gasteiger partial charge >= 0.3 is 0 Å². The van der Waals surface area contributed by atoms with E-state index in [2.05, 4.69) is 70.6 Å². The van der Waals surface area contributed by atoms with E-state index in [0.717, 1.165) is 30.4 Å². The van der Waals surface area contributed by atoms with Crippen molar-refractivity contribution in [3.8, 4) is 0 Å². The topological polar surface area (TPSA) is 29.9 Å². The molecule has 0 bridgehead atoms. The fraction of sp³-hybridized carbons (Fsp3) is 0.438. The van der Waals surface area contributed by atoms with Gasteiger partial charge < -0.3 is 5.32 Å². The molecule has 0 unspecified atom stereocenters. The predicted octanol–water partition coefficient (Wildman–Crippen LogP) is 2.83. The minimum Gasteiger partial charge on any atom is -0.315 e. The average Bonchev–Trinajstić information content (AvgIpc) is 2.76. The van der Waals surface area contributed by atoms with Crippen LogP contribution in [0.15, 0.2) is 34.8 Å². The number of hydrogen-bond donors (Lipinski definition) is 1. The van der Waals surface area contributed by atoms with E-state index in [4.69, 9.17) is 0 Å². The van der Waals surface area contributed by atoms with Gasteiger partial charge in [0.05, 0.1) is 5.69 Å². The predicted molar refractivity (Wildman–Crippen MR) is 85.0 cm³/mol. The monoisotopic (exact) mass is 333 g/mol. The first-order chi connectivity index (χ1) is 9.63. The second-order valence-corrected chi connectivity index (χ2v) is 6.59. The van der Waals surface area contributed by atoms with Crippen molar-refractivity contribution in [3.05, 3.63) is 51.8 Å². The van der Waals surface area contributed by atoms with Crippen molar-refractivity contribution in [1.29, 1.82) is 0 Å². The van der Waals surface area contributed by atoms with Crippen LogP contribution in [0.25, 0.3) is 0 Å². The molecule has 1 aromatic heterocycles. The molecule has 0 amide bonds. The molecule has 20 heavy (non-hydrogen) atoms. The Kier molecular flexibility index (Phi) is 3.69. The molecule has 4 heteroatoms. The Morgan fingerprint density at radius 2 is 2.00 bits per heavy atom. The normalized spacial score (nSPS) is 16.9. The van der Waals surface area contributed by atoms with E-state index in [1.54, 1.807) is 0 Å². The summed E-state index contributed by atoms with van der Waals surface area (Å²) in [7, 11) is 2.05. The zero-order valence-corrected chi connectivity index (χ0v) is 13.6. The van der Waals surface area contributed by atoms with Crippen LogP contribution in [0.5, 0.6) is 0 Å². The van der Waals surface area contributed by atoms with Gasteiger partial charge in [0.2, 0.25) is 0 Å². The lowest BCUT2D eigenvalue weighted by Crippen LogP contribution is -2.58. The van der Waals surface area contributed by atoms with Gasteiger partial charge in [0.25, 0.3) is 0 Å². The van der Waals surface area contributed by atoms with Crippen LogP contribution in [0, 0.1) is 0 Å². The fourth-order valence-corrected chi connectivity index (χ4v) is 3.18. The van der Waals surface area contributed by atoms with Crippen molar-refractivity contribution in [2.24, 2.45) is 7.05 Å². The average molecular weight is 334 g/mol. The molecule has 1 aliphatic heterocycles. The van der Waals surface area contributed by atoms with Crippen LogP contribution in [0.4, 0.5) is 0 Å². The zero-order chi connectivity index (χ0) is 14.2. The Morgan fingerprint density at radius 1 is 1.30 bits per heavy atom. The van der Waals surface area contributed by atoms with Gasteiger partial charge in [-0.1, -0.05) is 35.0 Å². The number of benzene rings is 1. The summed E-state index contributed by atoms with van der Waals surface area (Å²) in [5.74, 6) is 0. The standard InChI is InChI=1S/C16H20BrN3/c1-3-14-8-15(20(2)19-14)9-16(10-18-11-16)12-4-6-13(17)7-5-12/h4-8,18H,3,9-11H2,1-2H3. The molecule has 1 fully saturated rings. The minimum absolute atomic E-state index is 0.222. The van der Waals surface area contributed by atoms with Gasteiger partial charge in [-0.3, -0.25) is 4.68 Å². The smallest absolute Gasteiger partial charge is 0.0624 e. The van der Waals surface area contributed by atoms with Crippen LogP contribution in [0.2, 0.25) is 0 Å². The van der Waals surface area contributed by atoms with Crippen LogP contribution in [-0.4, -0.2) is 22.9 Å². The summed E-state index contributed by atoms with van der Waals surface area (Å²) in [6.45, 7) is 4.24. The second kappa shape index (κ2) is 5.34. The summed E-state index contributed by atoms with van der Waals surface area (Å²) in [6.07, 6.45) is 2.04. The summed E-state index contributed by atoms with van der Waals surface area (Å²) in [5, 5.41) is 8.00. The molecule has 0 saturated carbocycles. The van der Waals surface area contributed by atoms with Gasteiger partial charge in [-0.25, -0.2) is 0 Å². The van der Waals surface area contributed by atoms with Gasteiger partial charge in [0, 0.05) is 42.1 Å². The fourth-order valence-electron chi connectivity index (χ4n) is 2.92. The maximum Gasteiger partial charge on any atom is 0.0624 e. The first kappa shape index (κ1) is 13.8. The highest BCUT2D eigenvalue weighted by Gasteiger charge is 2.39. The molecule has 1 aliphatic rings. The van der Waals surface area contributed by atoms with Crippen LogP contribution in [0.1, 0.15) is 23.9 Å². The number of halogens is 1. The molecule has 3 nitrogen and oxygen atoms in total. The van der Waals surface area contributed by atoms with E-state index in [1.165, 1.54) is 17.0 Å². The molecule has 0 aliphatic carbocycles. The van der Waals surface area contributed by atoms with Crippen LogP contribution >= 0.6 is 15.9 Å². The van der Waals surface area contributed by atoms with E-state index >= 15 is 0 Å². The van der Waals surface area contributed by atoms with Crippen LogP contribution in [0.3, 0.4) is 0 Å². The Bertz CT molecular complexity index is 597. The number of aryl methyl sites for hydroxylation is 2. The van der Waals surface area contributed by atoms with E-state index < -0.39 is 0 Å². The minimum atomic E-state index is 0.222. The van der Waals surface area contributed by atoms with E-state index in [-0.39, 0.29) is 5.41 Å². The van der Waals surface area contributed by atoms with Crippen molar-refractivity contribution >= 4 is 15.9 Å². The third kappa shape index (κ3) is 2.42. The van der Waals surface area contributed by atoms with Gasteiger partial charge in [-0.2, -0.15) is 5.10 Å². The first-order valence-electron chi connectivity index (χ1n) is 7.11. The third-order valence-electron chi connectivity index (χ3n) is 4.29. The van der Waals surface area contributed by atoms with Crippen molar-refractivity contribution in [2.75, 3.05) is 13.1 Å². The lowest BCUT2D eigenvalue weighted by molar-refractivity contribution is 0.269. The van der Waals surface area contributed by atoms with Crippen molar-refractivity contribution in [1.82, 2.24) is 15.1 Å². The molecule has 2 heterocycles. The zero-order valence-electron chi connectivity index (χ0n) is 12.0. The second-order valence-electron chi connectivity index (χ2n) is 5.67. The Labute approximate surface area is 128 Å². The van der Waals surface area contributed by atoms with E-state index in [1.807, 2.05) is 4.68 Å².